The van der Waals surface area contributed by atoms with Gasteiger partial charge in [0.25, 0.3) is 0 Å². The summed E-state index contributed by atoms with van der Waals surface area (Å²) in [6.07, 6.45) is 10.5. The van der Waals surface area contributed by atoms with E-state index < -0.39 is 0 Å². The van der Waals surface area contributed by atoms with Crippen LogP contribution >= 0.6 is 0 Å². The number of fused-ring (bicyclic) bond motifs is 1. The Bertz CT molecular complexity index is 715. The van der Waals surface area contributed by atoms with Gasteiger partial charge >= 0.3 is 0 Å². The van der Waals surface area contributed by atoms with Crippen LogP contribution < -0.4 is 0 Å². The zero-order valence-corrected chi connectivity index (χ0v) is 13.4. The maximum Gasteiger partial charge on any atom is -0.00604 e. The number of benzene rings is 2. The standard InChI is InChI=1S/C22H24/c1-16-13-19-11-6-12-21(22(19)14-16)20-10-5-9-18(15-20)17-7-3-2-4-8-17/h5-6,9-12,14-15,17H,2-4,7-8,13H2,1H3. The van der Waals surface area contributed by atoms with Crippen LogP contribution in [0.25, 0.3) is 17.2 Å². The zero-order valence-electron chi connectivity index (χ0n) is 13.4. The fourth-order valence-corrected chi connectivity index (χ4v) is 4.18. The van der Waals surface area contributed by atoms with Gasteiger partial charge < -0.3 is 0 Å². The molecule has 2 aliphatic carbocycles. The second kappa shape index (κ2) is 5.76. The molecule has 2 aliphatic rings. The fourth-order valence-electron chi connectivity index (χ4n) is 4.18. The van der Waals surface area contributed by atoms with Crippen LogP contribution in [0.1, 0.15) is 61.6 Å². The lowest BCUT2D eigenvalue weighted by Crippen LogP contribution is -2.04. The average molecular weight is 288 g/mol. The number of hydrogen-bond donors (Lipinski definition) is 0. The third kappa shape index (κ3) is 2.52. The van der Waals surface area contributed by atoms with Crippen LogP contribution in [-0.2, 0) is 6.42 Å². The molecule has 1 fully saturated rings. The molecule has 1 saturated carbocycles. The topological polar surface area (TPSA) is 0 Å². The molecule has 0 aliphatic heterocycles. The zero-order chi connectivity index (χ0) is 14.9. The molecule has 0 bridgehead atoms. The lowest BCUT2D eigenvalue weighted by atomic mass is 9.83. The van der Waals surface area contributed by atoms with Crippen LogP contribution in [0.2, 0.25) is 0 Å². The van der Waals surface area contributed by atoms with Crippen molar-refractivity contribution in [3.05, 3.63) is 64.7 Å². The predicted molar refractivity (Wildman–Crippen MR) is 95.1 cm³/mol. The van der Waals surface area contributed by atoms with Crippen molar-refractivity contribution in [3.63, 3.8) is 0 Å². The van der Waals surface area contributed by atoms with Crippen LogP contribution in [0, 0.1) is 0 Å². The third-order valence-corrected chi connectivity index (χ3v) is 5.33. The molecule has 112 valence electrons. The molecular weight excluding hydrogens is 264 g/mol. The van der Waals surface area contributed by atoms with E-state index in [-0.39, 0.29) is 0 Å². The van der Waals surface area contributed by atoms with E-state index in [1.165, 1.54) is 59.9 Å². The summed E-state index contributed by atoms with van der Waals surface area (Å²) < 4.78 is 0. The van der Waals surface area contributed by atoms with E-state index in [0.29, 0.717) is 0 Å². The minimum absolute atomic E-state index is 0.780. The van der Waals surface area contributed by atoms with Gasteiger partial charge in [-0.1, -0.05) is 73.4 Å². The SMILES string of the molecule is CC1=Cc2c(cccc2-c2cccc(C3CCCCC3)c2)C1. The molecule has 2 aromatic carbocycles. The van der Waals surface area contributed by atoms with Crippen LogP contribution in [0.3, 0.4) is 0 Å². The van der Waals surface area contributed by atoms with Gasteiger partial charge in [0.15, 0.2) is 0 Å². The van der Waals surface area contributed by atoms with E-state index in [2.05, 4.69) is 55.5 Å². The minimum atomic E-state index is 0.780. The second-order valence-electron chi connectivity index (χ2n) is 7.01. The van der Waals surface area contributed by atoms with Gasteiger partial charge in [0.1, 0.15) is 0 Å². The number of rotatable bonds is 2. The summed E-state index contributed by atoms with van der Waals surface area (Å²) in [5, 5.41) is 0. The van der Waals surface area contributed by atoms with Crippen LogP contribution in [0.15, 0.2) is 48.0 Å². The van der Waals surface area contributed by atoms with Crippen molar-refractivity contribution in [1.29, 1.82) is 0 Å². The molecule has 4 rings (SSSR count). The van der Waals surface area contributed by atoms with E-state index in [4.69, 9.17) is 0 Å². The highest BCUT2D eigenvalue weighted by Gasteiger charge is 2.18. The summed E-state index contributed by atoms with van der Waals surface area (Å²) in [7, 11) is 0. The first kappa shape index (κ1) is 13.8. The van der Waals surface area contributed by atoms with Gasteiger partial charge in [-0.2, -0.15) is 0 Å². The van der Waals surface area contributed by atoms with Crippen molar-refractivity contribution >= 4 is 6.08 Å². The largest absolute Gasteiger partial charge is 0.0683 e. The van der Waals surface area contributed by atoms with Crippen LogP contribution in [-0.4, -0.2) is 0 Å². The van der Waals surface area contributed by atoms with Gasteiger partial charge in [0.05, 0.1) is 0 Å². The van der Waals surface area contributed by atoms with Gasteiger partial charge in [-0.3, -0.25) is 0 Å². The van der Waals surface area contributed by atoms with Gasteiger partial charge in [-0.05, 0) is 59.9 Å². The lowest BCUT2D eigenvalue weighted by Gasteiger charge is -2.22. The molecule has 0 radical (unpaired) electrons. The van der Waals surface area contributed by atoms with Crippen LogP contribution in [0.5, 0.6) is 0 Å². The maximum atomic E-state index is 2.45. The summed E-state index contributed by atoms with van der Waals surface area (Å²) in [4.78, 5) is 0. The summed E-state index contributed by atoms with van der Waals surface area (Å²) >= 11 is 0. The molecule has 0 spiro atoms. The highest BCUT2D eigenvalue weighted by atomic mass is 14.2. The number of hydrogen-bond acceptors (Lipinski definition) is 0. The number of allylic oxidation sites excluding steroid dienone is 1. The molecule has 22 heavy (non-hydrogen) atoms. The monoisotopic (exact) mass is 288 g/mol. The molecule has 0 aromatic heterocycles. The molecule has 0 saturated heterocycles. The van der Waals surface area contributed by atoms with E-state index >= 15 is 0 Å². The Hall–Kier alpha value is -1.82. The van der Waals surface area contributed by atoms with Crippen molar-refractivity contribution in [2.75, 3.05) is 0 Å². The maximum absolute atomic E-state index is 2.45. The Kier molecular flexibility index (Phi) is 3.62. The van der Waals surface area contributed by atoms with Gasteiger partial charge in [0, 0.05) is 0 Å². The molecule has 0 nitrogen and oxygen atoms in total. The highest BCUT2D eigenvalue weighted by Crippen LogP contribution is 2.37. The van der Waals surface area contributed by atoms with E-state index in [1.807, 2.05) is 0 Å². The summed E-state index contributed by atoms with van der Waals surface area (Å²) in [5.41, 5.74) is 8.76. The van der Waals surface area contributed by atoms with Crippen molar-refractivity contribution < 1.29 is 0 Å². The molecule has 2 aromatic rings. The van der Waals surface area contributed by atoms with Crippen molar-refractivity contribution in [3.8, 4) is 11.1 Å². The van der Waals surface area contributed by atoms with Gasteiger partial charge in [-0.15, -0.1) is 0 Å². The predicted octanol–water partition coefficient (Wildman–Crippen LogP) is 6.36. The first-order valence-corrected chi connectivity index (χ1v) is 8.71. The Balaban J connectivity index is 1.73. The third-order valence-electron chi connectivity index (χ3n) is 5.33. The summed E-state index contributed by atoms with van der Waals surface area (Å²) in [5.74, 6) is 0.780. The van der Waals surface area contributed by atoms with E-state index in [9.17, 15) is 0 Å². The Morgan fingerprint density at radius 1 is 0.909 bits per heavy atom. The van der Waals surface area contributed by atoms with Gasteiger partial charge in [0.2, 0.25) is 0 Å². The first-order chi connectivity index (χ1) is 10.8. The van der Waals surface area contributed by atoms with Crippen molar-refractivity contribution in [2.24, 2.45) is 0 Å². The minimum Gasteiger partial charge on any atom is -0.0683 e. The highest BCUT2D eigenvalue weighted by molar-refractivity contribution is 5.80. The average Bonchev–Trinajstić information content (AvgIpc) is 2.96. The van der Waals surface area contributed by atoms with Crippen molar-refractivity contribution in [2.45, 2.75) is 51.4 Å². The Labute approximate surface area is 133 Å². The Morgan fingerprint density at radius 3 is 2.59 bits per heavy atom. The van der Waals surface area contributed by atoms with Crippen LogP contribution in [0.4, 0.5) is 0 Å². The fraction of sp³-hybridized carbons (Fsp3) is 0.364. The smallest absolute Gasteiger partial charge is 0.00604 e. The van der Waals surface area contributed by atoms with Gasteiger partial charge in [-0.25, -0.2) is 0 Å². The molecule has 0 heterocycles. The molecular formula is C22H24. The van der Waals surface area contributed by atoms with E-state index in [0.717, 1.165) is 12.3 Å². The Morgan fingerprint density at radius 2 is 1.73 bits per heavy atom. The summed E-state index contributed by atoms with van der Waals surface area (Å²) in [6, 6.07) is 16.1. The van der Waals surface area contributed by atoms with E-state index in [1.54, 1.807) is 5.56 Å². The molecule has 0 unspecified atom stereocenters. The molecule has 0 amide bonds. The lowest BCUT2D eigenvalue weighted by molar-refractivity contribution is 0.444. The normalized spacial score (nSPS) is 18.1. The van der Waals surface area contributed by atoms with Crippen molar-refractivity contribution in [1.82, 2.24) is 0 Å². The molecule has 0 heteroatoms. The summed E-state index contributed by atoms with van der Waals surface area (Å²) in [6.45, 7) is 2.24. The quantitative estimate of drug-likeness (QED) is 0.603. The first-order valence-electron chi connectivity index (χ1n) is 8.71. The molecule has 0 atom stereocenters. The second-order valence-corrected chi connectivity index (χ2v) is 7.01. The molecule has 0 N–H and O–H groups in total.